The van der Waals surface area contributed by atoms with Crippen molar-refractivity contribution in [2.24, 2.45) is 0 Å². The highest BCUT2D eigenvalue weighted by molar-refractivity contribution is 5.94. The highest BCUT2D eigenvalue weighted by Crippen LogP contribution is 2.38. The smallest absolute Gasteiger partial charge is 0.322 e. The van der Waals surface area contributed by atoms with Crippen molar-refractivity contribution in [3.05, 3.63) is 89.5 Å². The molecular weight excluding hydrogens is 418 g/mol. The molecular formula is C26H27N3O4. The molecule has 0 aliphatic carbocycles. The number of rotatable bonds is 6. The van der Waals surface area contributed by atoms with Gasteiger partial charge in [-0.05, 0) is 53.9 Å². The van der Waals surface area contributed by atoms with Gasteiger partial charge >= 0.3 is 6.03 Å². The van der Waals surface area contributed by atoms with E-state index in [0.717, 1.165) is 11.1 Å². The molecule has 1 aliphatic rings. The van der Waals surface area contributed by atoms with Gasteiger partial charge in [0, 0.05) is 24.3 Å². The minimum atomic E-state index is -0.370. The first kappa shape index (κ1) is 22.2. The number of fused-ring (bicyclic) bond motifs is 1. The minimum absolute atomic E-state index is 0.188. The van der Waals surface area contributed by atoms with E-state index in [1.165, 1.54) is 0 Å². The molecule has 4 rings (SSSR count). The normalized spacial score (nSPS) is 14.7. The largest absolute Gasteiger partial charge is 0.493 e. The molecule has 0 fully saturated rings. The summed E-state index contributed by atoms with van der Waals surface area (Å²) in [5.41, 5.74) is 3.28. The second kappa shape index (κ2) is 10.1. The zero-order chi connectivity index (χ0) is 23.2. The Kier molecular flexibility index (Phi) is 6.78. The van der Waals surface area contributed by atoms with Gasteiger partial charge in [-0.3, -0.25) is 4.79 Å². The number of nitrogens with zero attached hydrogens (tertiary/aromatic N) is 1. The van der Waals surface area contributed by atoms with Crippen LogP contribution in [-0.2, 0) is 6.42 Å². The third kappa shape index (κ3) is 4.92. The summed E-state index contributed by atoms with van der Waals surface area (Å²) in [6, 6.07) is 21.6. The van der Waals surface area contributed by atoms with Crippen molar-refractivity contribution >= 4 is 17.6 Å². The zero-order valence-corrected chi connectivity index (χ0v) is 18.7. The third-order valence-corrected chi connectivity index (χ3v) is 5.78. The first-order valence-corrected chi connectivity index (χ1v) is 10.8. The summed E-state index contributed by atoms with van der Waals surface area (Å²) in [7, 11) is 3.18. The number of methoxy groups -OCH3 is 2. The number of nitrogens with one attached hydrogen (secondary N) is 2. The van der Waals surface area contributed by atoms with Gasteiger partial charge in [0.2, 0.25) is 0 Å². The maximum absolute atomic E-state index is 13.2. The second-order valence-electron chi connectivity index (χ2n) is 7.74. The summed E-state index contributed by atoms with van der Waals surface area (Å²) < 4.78 is 11.0. The van der Waals surface area contributed by atoms with Gasteiger partial charge in [-0.2, -0.15) is 0 Å². The fourth-order valence-corrected chi connectivity index (χ4v) is 4.09. The highest BCUT2D eigenvalue weighted by Gasteiger charge is 2.32. The first-order chi connectivity index (χ1) is 16.1. The van der Waals surface area contributed by atoms with Crippen LogP contribution in [0.1, 0.15) is 27.5 Å². The number of urea groups is 1. The van der Waals surface area contributed by atoms with Gasteiger partial charge in [0.15, 0.2) is 11.5 Å². The Morgan fingerprint density at radius 2 is 1.58 bits per heavy atom. The molecule has 0 unspecified atom stereocenters. The van der Waals surface area contributed by atoms with Gasteiger partial charge in [-0.15, -0.1) is 0 Å². The topological polar surface area (TPSA) is 79.9 Å². The van der Waals surface area contributed by atoms with E-state index in [-0.39, 0.29) is 24.5 Å². The Labute approximate surface area is 193 Å². The summed E-state index contributed by atoms with van der Waals surface area (Å²) in [4.78, 5) is 27.7. The van der Waals surface area contributed by atoms with Gasteiger partial charge in [0.05, 0.1) is 20.3 Å². The number of para-hydroxylation sites is 1. The van der Waals surface area contributed by atoms with Crippen LogP contribution in [0.15, 0.2) is 72.8 Å². The molecule has 0 bridgehead atoms. The number of amides is 3. The number of hydrogen-bond acceptors (Lipinski definition) is 4. The second-order valence-corrected chi connectivity index (χ2v) is 7.74. The number of carbonyl (C=O) groups is 2. The molecule has 3 aromatic rings. The molecule has 7 heteroatoms. The van der Waals surface area contributed by atoms with Crippen molar-refractivity contribution in [3.63, 3.8) is 0 Å². The predicted molar refractivity (Wildman–Crippen MR) is 127 cm³/mol. The number of carbonyl (C=O) groups excluding carboxylic acids is 2. The van der Waals surface area contributed by atoms with Crippen LogP contribution in [0.2, 0.25) is 0 Å². The summed E-state index contributed by atoms with van der Waals surface area (Å²) in [5, 5.41) is 5.95. The monoisotopic (exact) mass is 445 g/mol. The lowest BCUT2D eigenvalue weighted by Gasteiger charge is -2.38. The maximum Gasteiger partial charge on any atom is 0.322 e. The van der Waals surface area contributed by atoms with Crippen LogP contribution in [0.4, 0.5) is 10.5 Å². The molecule has 0 radical (unpaired) electrons. The van der Waals surface area contributed by atoms with Crippen molar-refractivity contribution in [2.75, 3.05) is 32.6 Å². The molecule has 0 aromatic heterocycles. The van der Waals surface area contributed by atoms with E-state index in [0.29, 0.717) is 35.7 Å². The van der Waals surface area contributed by atoms with Crippen molar-refractivity contribution in [3.8, 4) is 11.5 Å². The Morgan fingerprint density at radius 1 is 0.939 bits per heavy atom. The van der Waals surface area contributed by atoms with Crippen LogP contribution >= 0.6 is 0 Å². The Hall–Kier alpha value is -4.00. The molecule has 3 amide bonds. The van der Waals surface area contributed by atoms with Crippen molar-refractivity contribution in [1.29, 1.82) is 0 Å². The molecule has 0 spiro atoms. The van der Waals surface area contributed by atoms with E-state index >= 15 is 0 Å². The van der Waals surface area contributed by atoms with E-state index < -0.39 is 0 Å². The molecule has 3 aromatic carbocycles. The third-order valence-electron chi connectivity index (χ3n) is 5.78. The number of benzene rings is 3. The summed E-state index contributed by atoms with van der Waals surface area (Å²) in [6.07, 6.45) is 0.668. The van der Waals surface area contributed by atoms with Crippen LogP contribution in [0.25, 0.3) is 0 Å². The predicted octanol–water partition coefficient (Wildman–Crippen LogP) is 4.27. The number of anilines is 1. The molecule has 170 valence electrons. The van der Waals surface area contributed by atoms with E-state index in [9.17, 15) is 9.59 Å². The zero-order valence-electron chi connectivity index (χ0n) is 18.7. The van der Waals surface area contributed by atoms with Crippen LogP contribution in [0, 0.1) is 0 Å². The molecule has 0 saturated carbocycles. The fourth-order valence-electron chi connectivity index (χ4n) is 4.09. The van der Waals surface area contributed by atoms with Crippen LogP contribution < -0.4 is 20.1 Å². The van der Waals surface area contributed by atoms with Gasteiger partial charge in [-0.25, -0.2) is 4.79 Å². The lowest BCUT2D eigenvalue weighted by Crippen LogP contribution is -2.46. The summed E-state index contributed by atoms with van der Waals surface area (Å²) >= 11 is 0. The molecule has 33 heavy (non-hydrogen) atoms. The molecule has 7 nitrogen and oxygen atoms in total. The van der Waals surface area contributed by atoms with E-state index in [1.807, 2.05) is 60.7 Å². The SMILES string of the molecule is COc1cc2c(cc1OC)[C@H](CNC(=O)c1ccccc1)N(C(=O)Nc1ccccc1)CC2. The fraction of sp³-hybridized carbons (Fsp3) is 0.231. The van der Waals surface area contributed by atoms with E-state index in [2.05, 4.69) is 10.6 Å². The Morgan fingerprint density at radius 3 is 2.24 bits per heavy atom. The summed E-state index contributed by atoms with van der Waals surface area (Å²) in [6.45, 7) is 0.769. The van der Waals surface area contributed by atoms with Crippen molar-refractivity contribution < 1.29 is 19.1 Å². The summed E-state index contributed by atoms with van der Waals surface area (Å²) in [5.74, 6) is 1.04. The lowest BCUT2D eigenvalue weighted by molar-refractivity contribution is 0.0936. The highest BCUT2D eigenvalue weighted by atomic mass is 16.5. The molecule has 1 atom stereocenters. The standard InChI is InChI=1S/C26H27N3O4/c1-32-23-15-19-13-14-29(26(31)28-20-11-7-4-8-12-20)22(21(19)16-24(23)33-2)17-27-25(30)18-9-5-3-6-10-18/h3-12,15-16,22H,13-14,17H2,1-2H3,(H,27,30)(H,28,31)/t22-/m0/s1. The first-order valence-electron chi connectivity index (χ1n) is 10.8. The average Bonchev–Trinajstić information content (AvgIpc) is 2.87. The van der Waals surface area contributed by atoms with Gasteiger partial charge < -0.3 is 25.0 Å². The molecule has 1 heterocycles. The van der Waals surface area contributed by atoms with Gasteiger partial charge in [-0.1, -0.05) is 36.4 Å². The number of ether oxygens (including phenoxy) is 2. The van der Waals surface area contributed by atoms with E-state index in [4.69, 9.17) is 9.47 Å². The van der Waals surface area contributed by atoms with Crippen LogP contribution in [0.5, 0.6) is 11.5 Å². The Bertz CT molecular complexity index is 1120. The maximum atomic E-state index is 13.2. The molecule has 1 aliphatic heterocycles. The van der Waals surface area contributed by atoms with Crippen molar-refractivity contribution in [1.82, 2.24) is 10.2 Å². The van der Waals surface area contributed by atoms with Crippen LogP contribution in [0.3, 0.4) is 0 Å². The minimum Gasteiger partial charge on any atom is -0.493 e. The van der Waals surface area contributed by atoms with Gasteiger partial charge in [0.25, 0.3) is 5.91 Å². The van der Waals surface area contributed by atoms with Gasteiger partial charge in [0.1, 0.15) is 0 Å². The van der Waals surface area contributed by atoms with Crippen LogP contribution in [-0.4, -0.2) is 44.1 Å². The lowest BCUT2D eigenvalue weighted by atomic mass is 9.91. The Balaban J connectivity index is 1.63. The average molecular weight is 446 g/mol. The number of hydrogen-bond donors (Lipinski definition) is 2. The molecule has 0 saturated heterocycles. The van der Waals surface area contributed by atoms with E-state index in [1.54, 1.807) is 31.3 Å². The quantitative estimate of drug-likeness (QED) is 0.594. The molecule has 2 N–H and O–H groups in total. The van der Waals surface area contributed by atoms with Crippen molar-refractivity contribution in [2.45, 2.75) is 12.5 Å².